The van der Waals surface area contributed by atoms with E-state index < -0.39 is 16.1 Å². The van der Waals surface area contributed by atoms with Gasteiger partial charge in [0.05, 0.1) is 0 Å². The molecule has 0 heterocycles. The zero-order chi connectivity index (χ0) is 12.2. The summed E-state index contributed by atoms with van der Waals surface area (Å²) in [6.07, 6.45) is 0.594. The average Bonchev–Trinajstić information content (AvgIpc) is 2.31. The molecule has 1 aromatic carbocycles. The van der Waals surface area contributed by atoms with Gasteiger partial charge >= 0.3 is 0 Å². The number of sulfonamides is 1. The predicted octanol–water partition coefficient (Wildman–Crippen LogP) is 1.33. The highest BCUT2D eigenvalue weighted by Crippen LogP contribution is 2.20. The first-order valence-electron chi connectivity index (χ1n) is 4.63. The van der Waals surface area contributed by atoms with Crippen LogP contribution in [0.5, 0.6) is 0 Å². The Bertz CT molecular complexity index is 467. The van der Waals surface area contributed by atoms with E-state index >= 15 is 0 Å². The molecule has 86 valence electrons. The van der Waals surface area contributed by atoms with Crippen LogP contribution in [0.25, 0.3) is 0 Å². The molecule has 0 spiro atoms. The van der Waals surface area contributed by atoms with Gasteiger partial charge in [-0.2, -0.15) is 4.31 Å². The maximum Gasteiger partial charge on any atom is 0.236 e. The second-order valence-corrected chi connectivity index (χ2v) is 5.16. The lowest BCUT2D eigenvalue weighted by Gasteiger charge is -2.21. The minimum atomic E-state index is -3.59. The second-order valence-electron chi connectivity index (χ2n) is 3.22. The second kappa shape index (κ2) is 5.05. The van der Waals surface area contributed by atoms with Gasteiger partial charge in [-0.15, -0.1) is 0 Å². The van der Waals surface area contributed by atoms with Gasteiger partial charge in [0.1, 0.15) is 12.3 Å². The Kier molecular flexibility index (Phi) is 3.98. The molecule has 0 saturated carbocycles. The lowest BCUT2D eigenvalue weighted by atomic mass is 10.1. The van der Waals surface area contributed by atoms with Crippen LogP contribution in [0, 0.1) is 0 Å². The molecule has 0 aliphatic heterocycles. The van der Waals surface area contributed by atoms with Crippen LogP contribution >= 0.6 is 0 Å². The first kappa shape index (κ1) is 12.6. The van der Waals surface area contributed by atoms with Gasteiger partial charge < -0.3 is 4.79 Å². The van der Waals surface area contributed by atoms with Crippen molar-refractivity contribution in [3.8, 4) is 0 Å². The molecule has 16 heavy (non-hydrogen) atoms. The van der Waals surface area contributed by atoms with Crippen molar-refractivity contribution in [1.82, 2.24) is 4.31 Å². The van der Waals surface area contributed by atoms with Crippen molar-refractivity contribution >= 4 is 16.3 Å². The summed E-state index contributed by atoms with van der Waals surface area (Å²) in [5.74, 6) is 0. The molecular weight excluding hydrogens is 226 g/mol. The molecule has 1 atom stereocenters. The summed E-state index contributed by atoms with van der Waals surface area (Å²) in [5, 5.41) is 0.826. The van der Waals surface area contributed by atoms with Crippen molar-refractivity contribution in [1.29, 1.82) is 0 Å². The maximum absolute atomic E-state index is 11.5. The summed E-state index contributed by atoms with van der Waals surface area (Å²) in [4.78, 5) is 11.0. The molecule has 0 aliphatic carbocycles. The Hall–Kier alpha value is -1.46. The van der Waals surface area contributed by atoms with Gasteiger partial charge in [0.25, 0.3) is 0 Å². The summed E-state index contributed by atoms with van der Waals surface area (Å²) in [7, 11) is -2.24. The number of benzene rings is 1. The number of carbonyl (C=O) groups is 1. The monoisotopic (exact) mass is 239 g/mol. The van der Waals surface area contributed by atoms with E-state index in [-0.39, 0.29) is 0 Å². The molecule has 0 amide bonds. The highest BCUT2D eigenvalue weighted by molar-refractivity contribution is 7.92. The van der Waals surface area contributed by atoms with Crippen molar-refractivity contribution in [3.63, 3.8) is 0 Å². The van der Waals surface area contributed by atoms with Crippen LogP contribution in [0.4, 0.5) is 0 Å². The number of aldehydes is 1. The van der Waals surface area contributed by atoms with Crippen molar-refractivity contribution in [3.05, 3.63) is 47.9 Å². The molecule has 4 nitrogen and oxygen atoms in total. The number of hydrogen-bond donors (Lipinski definition) is 0. The average molecular weight is 239 g/mol. The Labute approximate surface area is 95.2 Å². The quantitative estimate of drug-likeness (QED) is 0.728. The summed E-state index contributed by atoms with van der Waals surface area (Å²) >= 11 is 0. The Balaban J connectivity index is 3.10. The topological polar surface area (TPSA) is 54.5 Å². The highest BCUT2D eigenvalue weighted by Gasteiger charge is 2.24. The summed E-state index contributed by atoms with van der Waals surface area (Å²) < 4.78 is 24.0. The van der Waals surface area contributed by atoms with E-state index in [1.807, 2.05) is 0 Å². The summed E-state index contributed by atoms with van der Waals surface area (Å²) in [5.41, 5.74) is 0.630. The molecule has 0 N–H and O–H groups in total. The van der Waals surface area contributed by atoms with Gasteiger partial charge in [0.15, 0.2) is 0 Å². The van der Waals surface area contributed by atoms with E-state index in [0.29, 0.717) is 11.8 Å². The fraction of sp³-hybridized carbons (Fsp3) is 0.182. The van der Waals surface area contributed by atoms with E-state index in [2.05, 4.69) is 6.58 Å². The Morgan fingerprint density at radius 1 is 1.31 bits per heavy atom. The van der Waals surface area contributed by atoms with Gasteiger partial charge in [0, 0.05) is 12.5 Å². The molecule has 1 unspecified atom stereocenters. The standard InChI is InChI=1S/C11H13NO3S/c1-3-16(14,15)12(2)11(9-13)10-7-5-4-6-8-10/h3-9,11H,1H2,2H3. The minimum absolute atomic E-state index is 0.594. The van der Waals surface area contributed by atoms with Crippen molar-refractivity contribution in [2.75, 3.05) is 7.05 Å². The number of likely N-dealkylation sites (N-methyl/N-ethyl adjacent to an activating group) is 1. The van der Waals surface area contributed by atoms with Crippen LogP contribution in [-0.2, 0) is 14.8 Å². The molecule has 5 heteroatoms. The Morgan fingerprint density at radius 3 is 2.31 bits per heavy atom. The van der Waals surface area contributed by atoms with Crippen molar-refractivity contribution in [2.24, 2.45) is 0 Å². The Morgan fingerprint density at radius 2 is 1.88 bits per heavy atom. The van der Waals surface area contributed by atoms with Crippen LogP contribution in [0.3, 0.4) is 0 Å². The maximum atomic E-state index is 11.5. The normalized spacial score (nSPS) is 13.4. The molecular formula is C11H13NO3S. The van der Waals surface area contributed by atoms with Crippen molar-refractivity contribution in [2.45, 2.75) is 6.04 Å². The van der Waals surface area contributed by atoms with Crippen molar-refractivity contribution < 1.29 is 13.2 Å². The molecule has 1 aromatic rings. The van der Waals surface area contributed by atoms with E-state index in [9.17, 15) is 13.2 Å². The zero-order valence-corrected chi connectivity index (χ0v) is 9.72. The van der Waals surface area contributed by atoms with E-state index in [1.54, 1.807) is 30.3 Å². The van der Waals surface area contributed by atoms with Gasteiger partial charge in [-0.05, 0) is 5.56 Å². The van der Waals surface area contributed by atoms with E-state index in [4.69, 9.17) is 0 Å². The van der Waals surface area contributed by atoms with E-state index in [1.165, 1.54) is 7.05 Å². The number of hydrogen-bond acceptors (Lipinski definition) is 3. The highest BCUT2D eigenvalue weighted by atomic mass is 32.2. The lowest BCUT2D eigenvalue weighted by Crippen LogP contribution is -2.30. The van der Waals surface area contributed by atoms with Gasteiger partial charge in [-0.3, -0.25) is 0 Å². The minimum Gasteiger partial charge on any atom is -0.301 e. The predicted molar refractivity (Wildman–Crippen MR) is 62.1 cm³/mol. The number of carbonyl (C=O) groups excluding carboxylic acids is 1. The molecule has 0 aromatic heterocycles. The summed E-state index contributed by atoms with van der Waals surface area (Å²) in [6, 6.07) is 7.89. The smallest absolute Gasteiger partial charge is 0.236 e. The van der Waals surface area contributed by atoms with Crippen LogP contribution in [0.15, 0.2) is 42.3 Å². The molecule has 0 fully saturated rings. The molecule has 1 rings (SSSR count). The third kappa shape index (κ3) is 2.56. The number of rotatable bonds is 5. The van der Waals surface area contributed by atoms with E-state index in [0.717, 1.165) is 9.71 Å². The largest absolute Gasteiger partial charge is 0.301 e. The third-order valence-corrected chi connectivity index (χ3v) is 3.72. The SMILES string of the molecule is C=CS(=O)(=O)N(C)C(C=O)c1ccccc1. The van der Waals surface area contributed by atoms with Crippen LogP contribution in [0.1, 0.15) is 11.6 Å². The van der Waals surface area contributed by atoms with Gasteiger partial charge in [-0.1, -0.05) is 36.9 Å². The van der Waals surface area contributed by atoms with Gasteiger partial charge in [-0.25, -0.2) is 8.42 Å². The fourth-order valence-corrected chi connectivity index (χ4v) is 2.02. The van der Waals surface area contributed by atoms with Crippen LogP contribution in [-0.4, -0.2) is 26.1 Å². The summed E-state index contributed by atoms with van der Waals surface area (Å²) in [6.45, 7) is 3.22. The molecule has 0 bridgehead atoms. The first-order valence-corrected chi connectivity index (χ1v) is 6.14. The fourth-order valence-electron chi connectivity index (χ4n) is 1.30. The molecule has 0 aliphatic rings. The molecule has 0 radical (unpaired) electrons. The van der Waals surface area contributed by atoms with Crippen LogP contribution < -0.4 is 0 Å². The zero-order valence-electron chi connectivity index (χ0n) is 8.91. The molecule has 0 saturated heterocycles. The first-order chi connectivity index (χ1) is 7.53. The number of nitrogens with zero attached hydrogens (tertiary/aromatic N) is 1. The third-order valence-electron chi connectivity index (χ3n) is 2.27. The van der Waals surface area contributed by atoms with Gasteiger partial charge in [0.2, 0.25) is 10.0 Å². The lowest BCUT2D eigenvalue weighted by molar-refractivity contribution is -0.110. The van der Waals surface area contributed by atoms with Crippen LogP contribution in [0.2, 0.25) is 0 Å².